The predicted molar refractivity (Wildman–Crippen MR) is 81.9 cm³/mol. The van der Waals surface area contributed by atoms with E-state index in [0.29, 0.717) is 21.6 Å². The van der Waals surface area contributed by atoms with Gasteiger partial charge in [-0.2, -0.15) is 0 Å². The van der Waals surface area contributed by atoms with Crippen molar-refractivity contribution in [1.82, 2.24) is 9.97 Å². The van der Waals surface area contributed by atoms with E-state index >= 15 is 0 Å². The summed E-state index contributed by atoms with van der Waals surface area (Å²) in [7, 11) is 1.72. The molecule has 7 nitrogen and oxygen atoms in total. The third-order valence-electron chi connectivity index (χ3n) is 2.89. The van der Waals surface area contributed by atoms with E-state index in [1.807, 2.05) is 6.92 Å². The Hall–Kier alpha value is -2.22. The molecule has 0 aliphatic heterocycles. The van der Waals surface area contributed by atoms with Gasteiger partial charge in [0.2, 0.25) is 5.88 Å². The van der Waals surface area contributed by atoms with Crippen molar-refractivity contribution in [2.24, 2.45) is 0 Å². The van der Waals surface area contributed by atoms with Crippen molar-refractivity contribution >= 4 is 27.4 Å². The van der Waals surface area contributed by atoms with Crippen molar-refractivity contribution in [2.45, 2.75) is 13.8 Å². The van der Waals surface area contributed by atoms with Crippen LogP contribution in [0.15, 0.2) is 22.9 Å². The van der Waals surface area contributed by atoms with Gasteiger partial charge >= 0.3 is 0 Å². The summed E-state index contributed by atoms with van der Waals surface area (Å²) < 4.78 is 6.24. The fourth-order valence-electron chi connectivity index (χ4n) is 1.83. The molecule has 0 unspecified atom stereocenters. The normalized spacial score (nSPS) is 10.3. The van der Waals surface area contributed by atoms with Crippen LogP contribution in [0.5, 0.6) is 11.6 Å². The quantitative estimate of drug-likeness (QED) is 0.667. The van der Waals surface area contributed by atoms with E-state index in [4.69, 9.17) is 4.74 Å². The molecule has 0 amide bonds. The molecule has 0 fully saturated rings. The Kier molecular flexibility index (Phi) is 4.37. The first-order chi connectivity index (χ1) is 9.93. The van der Waals surface area contributed by atoms with Crippen LogP contribution in [0, 0.1) is 24.0 Å². The molecule has 21 heavy (non-hydrogen) atoms. The number of rotatable bonds is 4. The number of nitro benzene ring substituents is 1. The highest BCUT2D eigenvalue weighted by atomic mass is 79.9. The van der Waals surface area contributed by atoms with Crippen LogP contribution < -0.4 is 10.1 Å². The van der Waals surface area contributed by atoms with Gasteiger partial charge in [0.05, 0.1) is 11.0 Å². The molecule has 8 heteroatoms. The summed E-state index contributed by atoms with van der Waals surface area (Å²) in [6.07, 6.45) is 1.35. The Bertz CT molecular complexity index is 706. The highest BCUT2D eigenvalue weighted by Gasteiger charge is 2.17. The van der Waals surface area contributed by atoms with Crippen molar-refractivity contribution in [3.63, 3.8) is 0 Å². The molecule has 1 aromatic heterocycles. The zero-order chi connectivity index (χ0) is 15.6. The molecule has 0 bridgehead atoms. The lowest BCUT2D eigenvalue weighted by Gasteiger charge is -2.11. The van der Waals surface area contributed by atoms with Gasteiger partial charge in [-0.25, -0.2) is 9.97 Å². The molecule has 0 spiro atoms. The average Bonchev–Trinajstić information content (AvgIpc) is 2.43. The average molecular weight is 353 g/mol. The summed E-state index contributed by atoms with van der Waals surface area (Å²) in [6.45, 7) is 3.51. The van der Waals surface area contributed by atoms with Crippen molar-refractivity contribution in [2.75, 3.05) is 12.4 Å². The SMILES string of the molecule is CNc1ncnc(Oc2cc([N+](=O)[O-])c(C)cc2C)c1Br. The molecule has 0 saturated carbocycles. The van der Waals surface area contributed by atoms with Crippen LogP contribution in [0.1, 0.15) is 11.1 Å². The second kappa shape index (κ2) is 6.04. The van der Waals surface area contributed by atoms with Crippen molar-refractivity contribution in [3.8, 4) is 11.6 Å². The maximum absolute atomic E-state index is 11.0. The standard InChI is InChI=1S/C13H13BrN4O3/c1-7-4-8(2)10(5-9(7)18(19)20)21-13-11(14)12(15-3)16-6-17-13/h4-6H,1-3H3,(H,15,16,17). The molecular formula is C13H13BrN4O3. The Morgan fingerprint density at radius 1 is 1.29 bits per heavy atom. The Morgan fingerprint density at radius 2 is 2.00 bits per heavy atom. The zero-order valence-corrected chi connectivity index (χ0v) is 13.3. The van der Waals surface area contributed by atoms with Gasteiger partial charge in [0.15, 0.2) is 0 Å². The minimum Gasteiger partial charge on any atom is -0.437 e. The number of halogens is 1. The highest BCUT2D eigenvalue weighted by Crippen LogP contribution is 2.35. The number of nitrogens with one attached hydrogen (secondary N) is 1. The van der Waals surface area contributed by atoms with E-state index in [2.05, 4.69) is 31.2 Å². The zero-order valence-electron chi connectivity index (χ0n) is 11.7. The van der Waals surface area contributed by atoms with Crippen LogP contribution >= 0.6 is 15.9 Å². The largest absolute Gasteiger partial charge is 0.437 e. The molecule has 0 saturated heterocycles. The maximum Gasteiger partial charge on any atom is 0.276 e. The lowest BCUT2D eigenvalue weighted by Crippen LogP contribution is -1.99. The second-order valence-electron chi connectivity index (χ2n) is 4.35. The first-order valence-corrected chi connectivity index (χ1v) is 6.85. The van der Waals surface area contributed by atoms with Gasteiger partial charge in [0.25, 0.3) is 5.69 Å². The number of nitro groups is 1. The van der Waals surface area contributed by atoms with Gasteiger partial charge in [0, 0.05) is 12.6 Å². The molecule has 2 rings (SSSR count). The number of hydrogen-bond donors (Lipinski definition) is 1. The lowest BCUT2D eigenvalue weighted by molar-refractivity contribution is -0.385. The number of aromatic nitrogens is 2. The second-order valence-corrected chi connectivity index (χ2v) is 5.15. The summed E-state index contributed by atoms with van der Waals surface area (Å²) in [5.74, 6) is 1.24. The molecule has 0 aliphatic rings. The van der Waals surface area contributed by atoms with E-state index in [1.54, 1.807) is 20.0 Å². The molecule has 1 N–H and O–H groups in total. The monoisotopic (exact) mass is 352 g/mol. The summed E-state index contributed by atoms with van der Waals surface area (Å²) in [5.41, 5.74) is 1.38. The van der Waals surface area contributed by atoms with Crippen LogP contribution in [-0.4, -0.2) is 21.9 Å². The smallest absolute Gasteiger partial charge is 0.276 e. The number of ether oxygens (including phenoxy) is 1. The Morgan fingerprint density at radius 3 is 2.62 bits per heavy atom. The maximum atomic E-state index is 11.0. The molecule has 0 radical (unpaired) electrons. The summed E-state index contributed by atoms with van der Waals surface area (Å²) in [4.78, 5) is 18.6. The minimum atomic E-state index is -0.435. The minimum absolute atomic E-state index is 0.00891. The lowest BCUT2D eigenvalue weighted by atomic mass is 10.1. The third-order valence-corrected chi connectivity index (χ3v) is 3.61. The fourth-order valence-corrected chi connectivity index (χ4v) is 2.32. The van der Waals surface area contributed by atoms with Gasteiger partial charge in [0.1, 0.15) is 22.4 Å². The number of aryl methyl sites for hydroxylation is 2. The predicted octanol–water partition coefficient (Wildman–Crippen LogP) is 3.60. The van der Waals surface area contributed by atoms with Crippen LogP contribution in [-0.2, 0) is 0 Å². The number of hydrogen-bond acceptors (Lipinski definition) is 6. The summed E-state index contributed by atoms with van der Waals surface area (Å²) in [6, 6.07) is 3.11. The highest BCUT2D eigenvalue weighted by molar-refractivity contribution is 9.10. The first kappa shape index (κ1) is 15.2. The van der Waals surface area contributed by atoms with E-state index < -0.39 is 4.92 Å². The van der Waals surface area contributed by atoms with E-state index in [1.165, 1.54) is 12.4 Å². The van der Waals surface area contributed by atoms with Gasteiger partial charge < -0.3 is 10.1 Å². The molecule has 0 aliphatic carbocycles. The van der Waals surface area contributed by atoms with Crippen LogP contribution in [0.2, 0.25) is 0 Å². The van der Waals surface area contributed by atoms with Crippen molar-refractivity contribution in [1.29, 1.82) is 0 Å². The van der Waals surface area contributed by atoms with Crippen molar-refractivity contribution < 1.29 is 9.66 Å². The molecular weight excluding hydrogens is 340 g/mol. The number of anilines is 1. The molecule has 2 aromatic rings. The van der Waals surface area contributed by atoms with E-state index in [-0.39, 0.29) is 11.6 Å². The first-order valence-electron chi connectivity index (χ1n) is 6.05. The van der Waals surface area contributed by atoms with Gasteiger partial charge in [-0.15, -0.1) is 0 Å². The van der Waals surface area contributed by atoms with Gasteiger partial charge in [-0.05, 0) is 41.4 Å². The van der Waals surface area contributed by atoms with Crippen molar-refractivity contribution in [3.05, 3.63) is 44.2 Å². The molecule has 110 valence electrons. The number of benzene rings is 1. The number of nitrogens with zero attached hydrogens (tertiary/aromatic N) is 3. The van der Waals surface area contributed by atoms with E-state index in [0.717, 1.165) is 5.56 Å². The van der Waals surface area contributed by atoms with Crippen LogP contribution in [0.3, 0.4) is 0 Å². The van der Waals surface area contributed by atoms with E-state index in [9.17, 15) is 10.1 Å². The molecule has 1 aromatic carbocycles. The van der Waals surface area contributed by atoms with Crippen LogP contribution in [0.25, 0.3) is 0 Å². The summed E-state index contributed by atoms with van der Waals surface area (Å²) in [5, 5.41) is 13.9. The summed E-state index contributed by atoms with van der Waals surface area (Å²) >= 11 is 3.34. The molecule has 0 atom stereocenters. The topological polar surface area (TPSA) is 90.2 Å². The molecule has 1 heterocycles. The Balaban J connectivity index is 2.45. The van der Waals surface area contributed by atoms with Gasteiger partial charge in [-0.3, -0.25) is 10.1 Å². The van der Waals surface area contributed by atoms with Gasteiger partial charge in [-0.1, -0.05) is 0 Å². The fraction of sp³-hybridized carbons (Fsp3) is 0.231. The van der Waals surface area contributed by atoms with Crippen LogP contribution in [0.4, 0.5) is 11.5 Å². The Labute approximate surface area is 129 Å². The third kappa shape index (κ3) is 3.10.